The van der Waals surface area contributed by atoms with Crippen molar-refractivity contribution in [3.63, 3.8) is 0 Å². The van der Waals surface area contributed by atoms with Gasteiger partial charge in [0, 0.05) is 5.02 Å². The highest BCUT2D eigenvalue weighted by Gasteiger charge is 2.18. The summed E-state index contributed by atoms with van der Waals surface area (Å²) in [7, 11) is 0. The Bertz CT molecular complexity index is 590. The monoisotopic (exact) mass is 304 g/mol. The predicted octanol–water partition coefficient (Wildman–Crippen LogP) is 3.32. The van der Waals surface area contributed by atoms with Gasteiger partial charge in [-0.1, -0.05) is 48.0 Å². The third-order valence-corrected chi connectivity index (χ3v) is 3.68. The molecule has 2 aromatic carbocycles. The Hall–Kier alpha value is -1.84. The number of hydrogen-bond acceptors (Lipinski definition) is 2. The average molecular weight is 305 g/mol. The molecule has 4 heteroatoms. The minimum absolute atomic E-state index is 0.00653. The van der Waals surface area contributed by atoms with Gasteiger partial charge in [-0.3, -0.25) is 4.79 Å². The minimum atomic E-state index is -0.809. The van der Waals surface area contributed by atoms with Crippen LogP contribution in [-0.4, -0.2) is 16.2 Å². The normalized spacial score (nSPS) is 12.1. The van der Waals surface area contributed by atoms with Gasteiger partial charge >= 0.3 is 5.97 Å². The summed E-state index contributed by atoms with van der Waals surface area (Å²) < 4.78 is 0. The fraction of sp³-hybridized carbons (Fsp3) is 0.235. The second-order valence-corrected chi connectivity index (χ2v) is 5.48. The van der Waals surface area contributed by atoms with Crippen molar-refractivity contribution >= 4 is 17.6 Å². The predicted molar refractivity (Wildman–Crippen MR) is 82.4 cm³/mol. The van der Waals surface area contributed by atoms with Gasteiger partial charge in [0.25, 0.3) is 0 Å². The Labute approximate surface area is 128 Å². The maximum atomic E-state index is 11.4. The summed E-state index contributed by atoms with van der Waals surface area (Å²) >= 11 is 5.83. The number of aliphatic hydroxyl groups is 1. The van der Waals surface area contributed by atoms with E-state index in [9.17, 15) is 9.90 Å². The van der Waals surface area contributed by atoms with Crippen LogP contribution in [-0.2, 0) is 24.2 Å². The van der Waals surface area contributed by atoms with Crippen LogP contribution in [0.4, 0.5) is 0 Å². The molecule has 1 atom stereocenters. The van der Waals surface area contributed by atoms with Crippen LogP contribution < -0.4 is 0 Å². The van der Waals surface area contributed by atoms with Crippen molar-refractivity contribution in [2.45, 2.75) is 19.4 Å². The van der Waals surface area contributed by atoms with Crippen LogP contribution in [0.5, 0.6) is 0 Å². The van der Waals surface area contributed by atoms with Gasteiger partial charge in [0.05, 0.1) is 12.5 Å². The van der Waals surface area contributed by atoms with Crippen molar-refractivity contribution in [1.82, 2.24) is 0 Å². The van der Waals surface area contributed by atoms with Crippen molar-refractivity contribution < 1.29 is 15.0 Å². The molecule has 0 aliphatic carbocycles. The molecule has 0 aromatic heterocycles. The molecule has 0 radical (unpaired) electrons. The van der Waals surface area contributed by atoms with Gasteiger partial charge in [0.15, 0.2) is 0 Å². The van der Waals surface area contributed by atoms with Crippen LogP contribution >= 0.6 is 11.6 Å². The molecule has 0 saturated carbocycles. The van der Waals surface area contributed by atoms with E-state index in [1.165, 1.54) is 0 Å². The van der Waals surface area contributed by atoms with E-state index in [4.69, 9.17) is 16.7 Å². The van der Waals surface area contributed by atoms with Gasteiger partial charge < -0.3 is 10.2 Å². The van der Waals surface area contributed by atoms with Crippen LogP contribution in [0.2, 0.25) is 5.02 Å². The SMILES string of the molecule is O=C(O)C(Cc1ccc(Cl)cc1)Cc1ccc(CO)cc1. The van der Waals surface area contributed by atoms with Gasteiger partial charge in [-0.2, -0.15) is 0 Å². The summed E-state index contributed by atoms with van der Waals surface area (Å²) in [5.74, 6) is -1.29. The first-order chi connectivity index (χ1) is 10.1. The van der Waals surface area contributed by atoms with Crippen molar-refractivity contribution in [2.75, 3.05) is 0 Å². The van der Waals surface area contributed by atoms with Gasteiger partial charge in [0.2, 0.25) is 0 Å². The smallest absolute Gasteiger partial charge is 0.307 e. The second-order valence-electron chi connectivity index (χ2n) is 5.04. The zero-order chi connectivity index (χ0) is 15.2. The first-order valence-corrected chi connectivity index (χ1v) is 7.12. The number of aliphatic hydroxyl groups excluding tert-OH is 1. The molecule has 110 valence electrons. The Balaban J connectivity index is 2.07. The number of aliphatic carboxylic acids is 1. The first-order valence-electron chi connectivity index (χ1n) is 6.74. The third-order valence-electron chi connectivity index (χ3n) is 3.43. The maximum absolute atomic E-state index is 11.4. The van der Waals surface area contributed by atoms with Crippen LogP contribution in [0.1, 0.15) is 16.7 Å². The van der Waals surface area contributed by atoms with E-state index in [2.05, 4.69) is 0 Å². The standard InChI is InChI=1S/C17H17ClO3/c18-16-7-5-13(6-8-16)10-15(17(20)21)9-12-1-3-14(11-19)4-2-12/h1-8,15,19H,9-11H2,(H,20,21). The molecule has 21 heavy (non-hydrogen) atoms. The molecular weight excluding hydrogens is 288 g/mol. The fourth-order valence-electron chi connectivity index (χ4n) is 2.22. The third kappa shape index (κ3) is 4.59. The molecule has 3 nitrogen and oxygen atoms in total. The van der Waals surface area contributed by atoms with Crippen LogP contribution in [0.25, 0.3) is 0 Å². The Kier molecular flexibility index (Phi) is 5.37. The summed E-state index contributed by atoms with van der Waals surface area (Å²) in [5, 5.41) is 19.0. The van der Waals surface area contributed by atoms with Crippen LogP contribution in [0, 0.1) is 5.92 Å². The number of hydrogen-bond donors (Lipinski definition) is 2. The second kappa shape index (κ2) is 7.25. The lowest BCUT2D eigenvalue weighted by molar-refractivity contribution is -0.141. The van der Waals surface area contributed by atoms with Crippen molar-refractivity contribution in [3.05, 3.63) is 70.2 Å². The number of carboxylic acid groups (broad SMARTS) is 1. The quantitative estimate of drug-likeness (QED) is 0.860. The number of carbonyl (C=O) groups is 1. The molecule has 0 heterocycles. The van der Waals surface area contributed by atoms with E-state index >= 15 is 0 Å². The maximum Gasteiger partial charge on any atom is 0.307 e. The first kappa shape index (κ1) is 15.5. The molecular formula is C17H17ClO3. The Morgan fingerprint density at radius 3 is 1.76 bits per heavy atom. The van der Waals surface area contributed by atoms with Gasteiger partial charge in [-0.05, 0) is 41.7 Å². The van der Waals surface area contributed by atoms with Crippen molar-refractivity contribution in [1.29, 1.82) is 0 Å². The van der Waals surface area contributed by atoms with E-state index in [0.717, 1.165) is 16.7 Å². The number of halogens is 1. The topological polar surface area (TPSA) is 57.5 Å². The van der Waals surface area contributed by atoms with E-state index < -0.39 is 11.9 Å². The molecule has 2 rings (SSSR count). The molecule has 2 N–H and O–H groups in total. The van der Waals surface area contributed by atoms with Crippen molar-refractivity contribution in [3.8, 4) is 0 Å². The molecule has 0 fully saturated rings. The molecule has 0 bridgehead atoms. The van der Waals surface area contributed by atoms with E-state index in [-0.39, 0.29) is 6.61 Å². The highest BCUT2D eigenvalue weighted by atomic mass is 35.5. The summed E-state index contributed by atoms with van der Waals surface area (Å²) in [5.41, 5.74) is 2.73. The number of rotatable bonds is 6. The largest absolute Gasteiger partial charge is 0.481 e. The lowest BCUT2D eigenvalue weighted by atomic mass is 9.92. The molecule has 0 spiro atoms. The Morgan fingerprint density at radius 2 is 1.33 bits per heavy atom. The van der Waals surface area contributed by atoms with E-state index in [1.54, 1.807) is 12.1 Å². The highest BCUT2D eigenvalue weighted by molar-refractivity contribution is 6.30. The lowest BCUT2D eigenvalue weighted by Gasteiger charge is -2.13. The zero-order valence-electron chi connectivity index (χ0n) is 11.5. The van der Waals surface area contributed by atoms with Gasteiger partial charge in [-0.15, -0.1) is 0 Å². The van der Waals surface area contributed by atoms with Crippen LogP contribution in [0.3, 0.4) is 0 Å². The summed E-state index contributed by atoms with van der Waals surface area (Å²) in [6.45, 7) is -0.00653. The van der Waals surface area contributed by atoms with Gasteiger partial charge in [0.1, 0.15) is 0 Å². The zero-order valence-corrected chi connectivity index (χ0v) is 12.3. The lowest BCUT2D eigenvalue weighted by Crippen LogP contribution is -2.19. The average Bonchev–Trinajstić information content (AvgIpc) is 2.49. The highest BCUT2D eigenvalue weighted by Crippen LogP contribution is 2.18. The van der Waals surface area contributed by atoms with Gasteiger partial charge in [-0.25, -0.2) is 0 Å². The minimum Gasteiger partial charge on any atom is -0.481 e. The number of benzene rings is 2. The van der Waals surface area contributed by atoms with E-state index in [0.29, 0.717) is 17.9 Å². The molecule has 0 aliphatic rings. The summed E-state index contributed by atoms with van der Waals surface area (Å²) in [6, 6.07) is 14.6. The molecule has 2 aromatic rings. The fourth-order valence-corrected chi connectivity index (χ4v) is 2.34. The van der Waals surface area contributed by atoms with E-state index in [1.807, 2.05) is 36.4 Å². The molecule has 0 amide bonds. The Morgan fingerprint density at radius 1 is 0.905 bits per heavy atom. The number of carboxylic acids is 1. The molecule has 0 aliphatic heterocycles. The van der Waals surface area contributed by atoms with Crippen molar-refractivity contribution in [2.24, 2.45) is 5.92 Å². The van der Waals surface area contributed by atoms with Crippen LogP contribution in [0.15, 0.2) is 48.5 Å². The summed E-state index contributed by atoms with van der Waals surface area (Å²) in [4.78, 5) is 11.4. The summed E-state index contributed by atoms with van der Waals surface area (Å²) in [6.07, 6.45) is 0.928. The molecule has 1 unspecified atom stereocenters. The molecule has 0 saturated heterocycles.